The molecule has 1 aliphatic carbocycles. The number of hydrogen-bond donors (Lipinski definition) is 0. The van der Waals surface area contributed by atoms with Gasteiger partial charge < -0.3 is 4.90 Å². The van der Waals surface area contributed by atoms with Crippen molar-refractivity contribution in [2.45, 2.75) is 17.7 Å². The highest BCUT2D eigenvalue weighted by Gasteiger charge is 2.68. The van der Waals surface area contributed by atoms with Gasteiger partial charge in [-0.2, -0.15) is 0 Å². The first-order valence-electron chi connectivity index (χ1n) is 4.22. The highest BCUT2D eigenvalue weighted by molar-refractivity contribution is 7.99. The second kappa shape index (κ2) is 2.94. The first-order chi connectivity index (χ1) is 5.97. The number of thioether (sulfide) groups is 1. The smallest absolute Gasteiger partial charge is 0.232 e. The Hall–Kier alpha value is 0.400. The van der Waals surface area contributed by atoms with E-state index in [1.54, 1.807) is 11.8 Å². The summed E-state index contributed by atoms with van der Waals surface area (Å²) in [6.07, 6.45) is 0.586. The molecule has 0 aromatic heterocycles. The van der Waals surface area contributed by atoms with Crippen molar-refractivity contribution in [3.63, 3.8) is 0 Å². The molecule has 1 atom stereocenters. The molecule has 0 spiro atoms. The van der Waals surface area contributed by atoms with E-state index in [1.807, 2.05) is 11.8 Å². The van der Waals surface area contributed by atoms with E-state index in [9.17, 15) is 4.79 Å². The van der Waals surface area contributed by atoms with E-state index < -0.39 is 9.75 Å². The monoisotopic (exact) mass is 239 g/mol. The summed E-state index contributed by atoms with van der Waals surface area (Å²) in [4.78, 5) is 13.7. The molecule has 1 aliphatic heterocycles. The van der Waals surface area contributed by atoms with Crippen LogP contribution in [0.1, 0.15) is 13.3 Å². The Balaban J connectivity index is 2.06. The van der Waals surface area contributed by atoms with Crippen molar-refractivity contribution in [2.75, 3.05) is 18.2 Å². The van der Waals surface area contributed by atoms with Gasteiger partial charge in [0.1, 0.15) is 4.33 Å². The molecule has 13 heavy (non-hydrogen) atoms. The first-order valence-corrected chi connectivity index (χ1v) is 6.13. The van der Waals surface area contributed by atoms with Gasteiger partial charge in [-0.05, 0) is 13.3 Å². The van der Waals surface area contributed by atoms with Crippen LogP contribution in [-0.2, 0) is 4.79 Å². The lowest BCUT2D eigenvalue weighted by molar-refractivity contribution is -0.134. The van der Waals surface area contributed by atoms with E-state index in [0.717, 1.165) is 18.2 Å². The maximum absolute atomic E-state index is 11.9. The number of carbonyl (C=O) groups is 1. The summed E-state index contributed by atoms with van der Waals surface area (Å²) < 4.78 is -0.822. The van der Waals surface area contributed by atoms with Gasteiger partial charge in [-0.1, -0.05) is 0 Å². The van der Waals surface area contributed by atoms with Crippen molar-refractivity contribution < 1.29 is 4.79 Å². The summed E-state index contributed by atoms with van der Waals surface area (Å²) in [5.41, 5.74) is -0.527. The molecule has 0 aromatic rings. The number of amides is 1. The van der Waals surface area contributed by atoms with Gasteiger partial charge in [0.2, 0.25) is 5.91 Å². The van der Waals surface area contributed by atoms with Crippen LogP contribution in [0.2, 0.25) is 0 Å². The van der Waals surface area contributed by atoms with Crippen LogP contribution < -0.4 is 0 Å². The SMILES string of the molecule is CC1(C(=O)N2CCSC2)CC1(Cl)Cl. The zero-order chi connectivity index (χ0) is 9.69. The van der Waals surface area contributed by atoms with Gasteiger partial charge in [0.05, 0.1) is 11.3 Å². The first kappa shape index (κ1) is 9.94. The maximum Gasteiger partial charge on any atom is 0.232 e. The van der Waals surface area contributed by atoms with Crippen LogP contribution in [-0.4, -0.2) is 33.3 Å². The van der Waals surface area contributed by atoms with E-state index in [1.165, 1.54) is 0 Å². The van der Waals surface area contributed by atoms with Crippen molar-refractivity contribution in [3.8, 4) is 0 Å². The highest BCUT2D eigenvalue weighted by atomic mass is 35.5. The van der Waals surface area contributed by atoms with Crippen LogP contribution in [0.5, 0.6) is 0 Å². The third-order valence-corrected chi connectivity index (χ3v) is 4.84. The topological polar surface area (TPSA) is 20.3 Å². The van der Waals surface area contributed by atoms with Gasteiger partial charge in [0.15, 0.2) is 0 Å². The number of halogens is 2. The van der Waals surface area contributed by atoms with Crippen LogP contribution in [0.4, 0.5) is 0 Å². The Labute approximate surface area is 91.9 Å². The number of hydrogen-bond acceptors (Lipinski definition) is 2. The normalized spacial score (nSPS) is 36.4. The number of alkyl halides is 2. The lowest BCUT2D eigenvalue weighted by atomic mass is 10.1. The van der Waals surface area contributed by atoms with Gasteiger partial charge in [0.25, 0.3) is 0 Å². The van der Waals surface area contributed by atoms with Crippen molar-refractivity contribution in [1.82, 2.24) is 4.90 Å². The van der Waals surface area contributed by atoms with Crippen LogP contribution >= 0.6 is 35.0 Å². The predicted octanol–water partition coefficient (Wildman–Crippen LogP) is 2.10. The summed E-state index contributed by atoms with van der Waals surface area (Å²) >= 11 is 13.6. The van der Waals surface area contributed by atoms with E-state index in [-0.39, 0.29) is 5.91 Å². The minimum Gasteiger partial charge on any atom is -0.332 e. The average Bonchev–Trinajstić information content (AvgIpc) is 2.55. The molecule has 0 radical (unpaired) electrons. The van der Waals surface area contributed by atoms with Gasteiger partial charge in [-0.15, -0.1) is 35.0 Å². The zero-order valence-electron chi connectivity index (χ0n) is 7.35. The van der Waals surface area contributed by atoms with Gasteiger partial charge >= 0.3 is 0 Å². The Kier molecular flexibility index (Phi) is 2.25. The summed E-state index contributed by atoms with van der Waals surface area (Å²) in [6.45, 7) is 2.68. The fourth-order valence-corrected chi connectivity index (χ4v) is 3.20. The van der Waals surface area contributed by atoms with Crippen molar-refractivity contribution >= 4 is 40.9 Å². The van der Waals surface area contributed by atoms with Crippen LogP contribution in [0, 0.1) is 5.41 Å². The van der Waals surface area contributed by atoms with Crippen molar-refractivity contribution in [1.29, 1.82) is 0 Å². The molecule has 1 unspecified atom stereocenters. The number of nitrogens with zero attached hydrogens (tertiary/aromatic N) is 1. The fourth-order valence-electron chi connectivity index (χ4n) is 1.56. The van der Waals surface area contributed by atoms with Gasteiger partial charge in [0, 0.05) is 12.3 Å². The molecule has 1 heterocycles. The molecular formula is C8H11Cl2NOS. The Morgan fingerprint density at radius 1 is 1.54 bits per heavy atom. The minimum atomic E-state index is -0.822. The molecule has 2 fully saturated rings. The van der Waals surface area contributed by atoms with Crippen LogP contribution in [0.25, 0.3) is 0 Å². The predicted molar refractivity (Wildman–Crippen MR) is 56.2 cm³/mol. The zero-order valence-corrected chi connectivity index (χ0v) is 9.68. The summed E-state index contributed by atoms with van der Waals surface area (Å²) in [6, 6.07) is 0. The molecule has 2 rings (SSSR count). The maximum atomic E-state index is 11.9. The van der Waals surface area contributed by atoms with E-state index in [0.29, 0.717) is 6.42 Å². The summed E-state index contributed by atoms with van der Waals surface area (Å²) in [5, 5.41) is 0. The molecule has 5 heteroatoms. The summed E-state index contributed by atoms with van der Waals surface area (Å²) in [5.74, 6) is 1.93. The Morgan fingerprint density at radius 3 is 2.54 bits per heavy atom. The molecule has 0 N–H and O–H groups in total. The second-order valence-corrected chi connectivity index (χ2v) is 6.38. The molecule has 0 aromatic carbocycles. The lowest BCUT2D eigenvalue weighted by Crippen LogP contribution is -2.36. The highest BCUT2D eigenvalue weighted by Crippen LogP contribution is 2.64. The fraction of sp³-hybridized carbons (Fsp3) is 0.875. The van der Waals surface area contributed by atoms with E-state index in [2.05, 4.69) is 0 Å². The molecule has 2 nitrogen and oxygen atoms in total. The quantitative estimate of drug-likeness (QED) is 0.654. The third-order valence-electron chi connectivity index (χ3n) is 2.77. The van der Waals surface area contributed by atoms with E-state index in [4.69, 9.17) is 23.2 Å². The second-order valence-electron chi connectivity index (χ2n) is 3.82. The third kappa shape index (κ3) is 1.45. The van der Waals surface area contributed by atoms with E-state index >= 15 is 0 Å². The van der Waals surface area contributed by atoms with Crippen molar-refractivity contribution in [2.24, 2.45) is 5.41 Å². The van der Waals surface area contributed by atoms with Crippen molar-refractivity contribution in [3.05, 3.63) is 0 Å². The van der Waals surface area contributed by atoms with Crippen LogP contribution in [0.15, 0.2) is 0 Å². The largest absolute Gasteiger partial charge is 0.332 e. The molecular weight excluding hydrogens is 229 g/mol. The Morgan fingerprint density at radius 2 is 2.15 bits per heavy atom. The number of rotatable bonds is 1. The molecule has 0 bridgehead atoms. The molecule has 1 amide bonds. The molecule has 1 saturated carbocycles. The minimum absolute atomic E-state index is 0.113. The molecule has 1 saturated heterocycles. The lowest BCUT2D eigenvalue weighted by Gasteiger charge is -2.20. The summed E-state index contributed by atoms with van der Waals surface area (Å²) in [7, 11) is 0. The molecule has 74 valence electrons. The Bertz CT molecular complexity index is 253. The number of carbonyl (C=O) groups excluding carboxylic acids is 1. The van der Waals surface area contributed by atoms with Gasteiger partial charge in [-0.25, -0.2) is 0 Å². The van der Waals surface area contributed by atoms with Gasteiger partial charge in [-0.3, -0.25) is 4.79 Å². The standard InChI is InChI=1S/C8H11Cl2NOS/c1-7(4-8(7,9)10)6(12)11-2-3-13-5-11/h2-5H2,1H3. The van der Waals surface area contributed by atoms with Crippen LogP contribution in [0.3, 0.4) is 0 Å². The molecule has 2 aliphatic rings. The average molecular weight is 240 g/mol.